The van der Waals surface area contributed by atoms with Crippen molar-refractivity contribution in [2.75, 3.05) is 0 Å². The molecule has 0 atom stereocenters. The minimum atomic E-state index is -0.0896. The molecule has 2 aromatic carbocycles. The molecule has 0 fully saturated rings. The summed E-state index contributed by atoms with van der Waals surface area (Å²) in [5, 5.41) is 6.19. The number of benzene rings is 2. The zero-order valence-electron chi connectivity index (χ0n) is 11.3. The first-order chi connectivity index (χ1) is 9.16. The summed E-state index contributed by atoms with van der Waals surface area (Å²) in [5.74, 6) is 0.242. The number of carbonyl (C=O) groups excluding carboxylic acids is 1. The molecule has 0 aromatic heterocycles. The number of rotatable bonds is 4. The minimum absolute atomic E-state index is 0.0896. The van der Waals surface area contributed by atoms with E-state index in [1.54, 1.807) is 6.21 Å². The first-order valence-electron chi connectivity index (χ1n) is 6.45. The van der Waals surface area contributed by atoms with Crippen LogP contribution >= 0.6 is 0 Å². The van der Waals surface area contributed by atoms with E-state index in [0.717, 1.165) is 16.3 Å². The Morgan fingerprint density at radius 2 is 1.95 bits per heavy atom. The normalized spacial score (nSPS) is 11.3. The van der Waals surface area contributed by atoms with Crippen molar-refractivity contribution in [1.29, 1.82) is 0 Å². The van der Waals surface area contributed by atoms with Gasteiger partial charge >= 0.3 is 0 Å². The molecule has 2 rings (SSSR count). The van der Waals surface area contributed by atoms with Gasteiger partial charge in [0.2, 0.25) is 5.91 Å². The molecule has 0 aliphatic heterocycles. The molecule has 0 heterocycles. The number of nitrogens with zero attached hydrogens (tertiary/aromatic N) is 1. The Hall–Kier alpha value is -2.16. The zero-order chi connectivity index (χ0) is 13.7. The van der Waals surface area contributed by atoms with Crippen molar-refractivity contribution in [1.82, 2.24) is 5.43 Å². The predicted octanol–water partition coefficient (Wildman–Crippen LogP) is 3.14. The molecule has 0 spiro atoms. The van der Waals surface area contributed by atoms with E-state index < -0.39 is 0 Å². The van der Waals surface area contributed by atoms with Crippen LogP contribution in [0, 0.1) is 5.92 Å². The third-order valence-electron chi connectivity index (χ3n) is 2.79. The molecule has 0 aliphatic rings. The van der Waals surface area contributed by atoms with Crippen LogP contribution < -0.4 is 5.43 Å². The van der Waals surface area contributed by atoms with Gasteiger partial charge in [-0.2, -0.15) is 5.10 Å². The van der Waals surface area contributed by atoms with Crippen molar-refractivity contribution in [2.24, 2.45) is 11.0 Å². The lowest BCUT2D eigenvalue weighted by molar-refractivity contribution is -0.120. The molecule has 0 saturated heterocycles. The largest absolute Gasteiger partial charge is 0.273 e. The zero-order valence-corrected chi connectivity index (χ0v) is 11.3. The van der Waals surface area contributed by atoms with E-state index in [9.17, 15) is 4.79 Å². The van der Waals surface area contributed by atoms with Crippen LogP contribution in [0.3, 0.4) is 0 Å². The Kier molecular flexibility index (Phi) is 4.29. The molecule has 2 aromatic rings. The summed E-state index contributed by atoms with van der Waals surface area (Å²) in [5.41, 5.74) is 3.58. The molecule has 1 N–H and O–H groups in total. The summed E-state index contributed by atoms with van der Waals surface area (Å²) in [6.07, 6.45) is 2.07. The summed E-state index contributed by atoms with van der Waals surface area (Å²) in [6.45, 7) is 4.03. The van der Waals surface area contributed by atoms with Crippen molar-refractivity contribution in [2.45, 2.75) is 20.3 Å². The fraction of sp³-hybridized carbons (Fsp3) is 0.250. The Morgan fingerprint density at radius 1 is 1.21 bits per heavy atom. The Bertz CT molecular complexity index is 597. The number of fused-ring (bicyclic) bond motifs is 1. The molecule has 3 heteroatoms. The topological polar surface area (TPSA) is 41.5 Å². The highest BCUT2D eigenvalue weighted by molar-refractivity contribution is 5.90. The molecule has 1 amide bonds. The minimum Gasteiger partial charge on any atom is -0.273 e. The number of hydrazone groups is 1. The van der Waals surface area contributed by atoms with Crippen molar-refractivity contribution in [3.8, 4) is 0 Å². The molecule has 0 unspecified atom stereocenters. The molecule has 98 valence electrons. The van der Waals surface area contributed by atoms with Gasteiger partial charge in [-0.25, -0.2) is 5.43 Å². The number of hydrogen-bond acceptors (Lipinski definition) is 2. The average molecular weight is 254 g/mol. The van der Waals surface area contributed by atoms with E-state index in [0.29, 0.717) is 12.3 Å². The molecule has 0 saturated carbocycles. The molecule has 19 heavy (non-hydrogen) atoms. The standard InChI is InChI=1S/C16H18N2O/c1-12(2)11-17-18-16(19)10-14-8-5-7-13-6-3-4-9-15(13)14/h3-9,11-12H,10H2,1-2H3,(H,18,19)/b17-11-. The molecular weight excluding hydrogens is 236 g/mol. The number of amides is 1. The Morgan fingerprint density at radius 3 is 2.74 bits per heavy atom. The van der Waals surface area contributed by atoms with Crippen molar-refractivity contribution >= 4 is 22.9 Å². The van der Waals surface area contributed by atoms with Crippen LogP contribution in [0.25, 0.3) is 10.8 Å². The van der Waals surface area contributed by atoms with Crippen LogP contribution in [0.4, 0.5) is 0 Å². The second kappa shape index (κ2) is 6.14. The maximum atomic E-state index is 11.8. The SMILES string of the molecule is CC(C)/C=N\NC(=O)Cc1cccc2ccccc12. The second-order valence-electron chi connectivity index (χ2n) is 4.87. The maximum Gasteiger partial charge on any atom is 0.244 e. The van der Waals surface area contributed by atoms with E-state index in [4.69, 9.17) is 0 Å². The van der Waals surface area contributed by atoms with E-state index in [2.05, 4.69) is 10.5 Å². The Balaban J connectivity index is 2.11. The van der Waals surface area contributed by atoms with Gasteiger partial charge in [0, 0.05) is 6.21 Å². The van der Waals surface area contributed by atoms with Gasteiger partial charge in [0.1, 0.15) is 0 Å². The van der Waals surface area contributed by atoms with Crippen molar-refractivity contribution in [3.05, 3.63) is 48.0 Å². The summed E-state index contributed by atoms with van der Waals surface area (Å²) in [6, 6.07) is 14.1. The van der Waals surface area contributed by atoms with Crippen LogP contribution in [0.5, 0.6) is 0 Å². The summed E-state index contributed by atoms with van der Waals surface area (Å²) < 4.78 is 0. The molecular formula is C16H18N2O. The third kappa shape index (κ3) is 3.65. The van der Waals surface area contributed by atoms with Crippen LogP contribution in [-0.4, -0.2) is 12.1 Å². The van der Waals surface area contributed by atoms with E-state index in [1.807, 2.05) is 56.3 Å². The number of hydrogen-bond donors (Lipinski definition) is 1. The highest BCUT2D eigenvalue weighted by Crippen LogP contribution is 2.18. The van der Waals surface area contributed by atoms with Gasteiger partial charge in [-0.15, -0.1) is 0 Å². The van der Waals surface area contributed by atoms with E-state index in [-0.39, 0.29) is 5.91 Å². The molecule has 0 bridgehead atoms. The second-order valence-corrected chi connectivity index (χ2v) is 4.87. The van der Waals surface area contributed by atoms with E-state index in [1.165, 1.54) is 0 Å². The fourth-order valence-corrected chi connectivity index (χ4v) is 1.92. The number of nitrogens with one attached hydrogen (secondary N) is 1. The smallest absolute Gasteiger partial charge is 0.244 e. The van der Waals surface area contributed by atoms with Crippen LogP contribution in [0.1, 0.15) is 19.4 Å². The highest BCUT2D eigenvalue weighted by atomic mass is 16.2. The molecule has 0 aliphatic carbocycles. The monoisotopic (exact) mass is 254 g/mol. The average Bonchev–Trinajstić information content (AvgIpc) is 2.39. The first kappa shape index (κ1) is 13.3. The quantitative estimate of drug-likeness (QED) is 0.661. The van der Waals surface area contributed by atoms with Gasteiger partial charge in [0.05, 0.1) is 6.42 Å². The highest BCUT2D eigenvalue weighted by Gasteiger charge is 2.05. The maximum absolute atomic E-state index is 11.8. The van der Waals surface area contributed by atoms with Crippen molar-refractivity contribution < 1.29 is 4.79 Å². The lowest BCUT2D eigenvalue weighted by Gasteiger charge is -2.05. The first-order valence-corrected chi connectivity index (χ1v) is 6.45. The predicted molar refractivity (Wildman–Crippen MR) is 79.1 cm³/mol. The van der Waals surface area contributed by atoms with Gasteiger partial charge in [-0.1, -0.05) is 56.3 Å². The van der Waals surface area contributed by atoms with Gasteiger partial charge in [-0.3, -0.25) is 4.79 Å². The van der Waals surface area contributed by atoms with Crippen LogP contribution in [0.2, 0.25) is 0 Å². The Labute approximate surface area is 113 Å². The van der Waals surface area contributed by atoms with Crippen LogP contribution in [-0.2, 0) is 11.2 Å². The molecule has 3 nitrogen and oxygen atoms in total. The number of carbonyl (C=O) groups is 1. The van der Waals surface area contributed by atoms with Gasteiger partial charge < -0.3 is 0 Å². The van der Waals surface area contributed by atoms with E-state index >= 15 is 0 Å². The lowest BCUT2D eigenvalue weighted by Crippen LogP contribution is -2.20. The van der Waals surface area contributed by atoms with Crippen LogP contribution in [0.15, 0.2) is 47.6 Å². The fourth-order valence-electron chi connectivity index (χ4n) is 1.92. The van der Waals surface area contributed by atoms with Gasteiger partial charge in [-0.05, 0) is 22.3 Å². The van der Waals surface area contributed by atoms with Gasteiger partial charge in [0.15, 0.2) is 0 Å². The summed E-state index contributed by atoms with van der Waals surface area (Å²) >= 11 is 0. The third-order valence-corrected chi connectivity index (χ3v) is 2.79. The van der Waals surface area contributed by atoms with Crippen molar-refractivity contribution in [3.63, 3.8) is 0 Å². The lowest BCUT2D eigenvalue weighted by atomic mass is 10.0. The summed E-state index contributed by atoms with van der Waals surface area (Å²) in [7, 11) is 0. The summed E-state index contributed by atoms with van der Waals surface area (Å²) in [4.78, 5) is 11.8. The molecule has 0 radical (unpaired) electrons. The van der Waals surface area contributed by atoms with Gasteiger partial charge in [0.25, 0.3) is 0 Å².